The molecule has 0 spiro atoms. The van der Waals surface area contributed by atoms with Gasteiger partial charge in [0.05, 0.1) is 17.3 Å². The minimum atomic E-state index is -0.366. The lowest BCUT2D eigenvalue weighted by molar-refractivity contribution is -0.123. The number of carbonyl (C=O) groups excluding carboxylic acids is 3. The van der Waals surface area contributed by atoms with Crippen LogP contribution in [-0.2, 0) is 14.4 Å². The van der Waals surface area contributed by atoms with Crippen molar-refractivity contribution in [3.05, 3.63) is 29.8 Å². The fourth-order valence-electron chi connectivity index (χ4n) is 1.65. The van der Waals surface area contributed by atoms with Crippen LogP contribution in [0, 0.1) is 0 Å². The molecule has 0 radical (unpaired) electrons. The Morgan fingerprint density at radius 2 is 1.89 bits per heavy atom. The van der Waals surface area contributed by atoms with Crippen LogP contribution in [0.3, 0.4) is 0 Å². The van der Waals surface area contributed by atoms with Gasteiger partial charge in [-0.2, -0.15) is 0 Å². The van der Waals surface area contributed by atoms with E-state index in [4.69, 9.17) is 11.6 Å². The number of benzene rings is 1. The lowest BCUT2D eigenvalue weighted by Crippen LogP contribution is -2.16. The average Bonchev–Trinajstić information content (AvgIpc) is 2.51. The molecule has 0 saturated carbocycles. The van der Waals surface area contributed by atoms with Crippen LogP contribution in [0.15, 0.2) is 24.3 Å². The zero-order chi connectivity index (χ0) is 13.8. The minimum absolute atomic E-state index is 0.0752. The van der Waals surface area contributed by atoms with E-state index in [2.05, 4.69) is 10.6 Å². The second kappa shape index (κ2) is 5.67. The molecule has 0 atom stereocenters. The van der Waals surface area contributed by atoms with E-state index >= 15 is 0 Å². The summed E-state index contributed by atoms with van der Waals surface area (Å²) in [6, 6.07) is 5.08. The first-order chi connectivity index (χ1) is 9.08. The highest BCUT2D eigenvalue weighted by Crippen LogP contribution is 2.26. The molecule has 1 heterocycles. The van der Waals surface area contributed by atoms with E-state index in [1.165, 1.54) is 6.08 Å². The summed E-state index contributed by atoms with van der Waals surface area (Å²) in [6.07, 6.45) is 2.76. The van der Waals surface area contributed by atoms with E-state index in [1.54, 1.807) is 24.3 Å². The smallest absolute Gasteiger partial charge is 0.233 e. The number of hydrogen-bond acceptors (Lipinski definition) is 3. The molecule has 5 nitrogen and oxygen atoms in total. The number of fused-ring (bicyclic) bond motifs is 1. The van der Waals surface area contributed by atoms with Crippen LogP contribution in [-0.4, -0.2) is 23.5 Å². The number of alkyl halides is 1. The van der Waals surface area contributed by atoms with E-state index in [9.17, 15) is 14.4 Å². The molecule has 6 heteroatoms. The predicted molar refractivity (Wildman–Crippen MR) is 73.1 cm³/mol. The van der Waals surface area contributed by atoms with E-state index in [-0.39, 0.29) is 29.9 Å². The van der Waals surface area contributed by atoms with Crippen molar-refractivity contribution < 1.29 is 14.4 Å². The molecular formula is C13H11ClN2O3. The summed E-state index contributed by atoms with van der Waals surface area (Å²) in [5.41, 5.74) is 1.78. The Morgan fingerprint density at radius 1 is 1.21 bits per heavy atom. The minimum Gasteiger partial charge on any atom is -0.324 e. The first-order valence-corrected chi connectivity index (χ1v) is 6.12. The summed E-state index contributed by atoms with van der Waals surface area (Å²) in [5.74, 6) is -0.992. The monoisotopic (exact) mass is 278 g/mol. The number of anilines is 2. The first-order valence-electron chi connectivity index (χ1n) is 5.59. The van der Waals surface area contributed by atoms with Gasteiger partial charge in [0.25, 0.3) is 0 Å². The van der Waals surface area contributed by atoms with Gasteiger partial charge in [0.1, 0.15) is 6.42 Å². The molecule has 0 fully saturated rings. The summed E-state index contributed by atoms with van der Waals surface area (Å²) in [7, 11) is 0. The second-order valence-corrected chi connectivity index (χ2v) is 4.28. The van der Waals surface area contributed by atoms with Crippen LogP contribution < -0.4 is 10.6 Å². The van der Waals surface area contributed by atoms with Gasteiger partial charge in [-0.25, -0.2) is 0 Å². The van der Waals surface area contributed by atoms with Crippen molar-refractivity contribution in [2.45, 2.75) is 6.42 Å². The van der Waals surface area contributed by atoms with Crippen molar-refractivity contribution in [3.63, 3.8) is 0 Å². The van der Waals surface area contributed by atoms with E-state index in [1.807, 2.05) is 0 Å². The van der Waals surface area contributed by atoms with Crippen molar-refractivity contribution in [1.29, 1.82) is 0 Å². The van der Waals surface area contributed by atoms with Gasteiger partial charge in [-0.05, 0) is 23.8 Å². The quantitative estimate of drug-likeness (QED) is 0.503. The van der Waals surface area contributed by atoms with Gasteiger partial charge >= 0.3 is 0 Å². The number of allylic oxidation sites excluding steroid dienone is 1. The molecule has 1 aliphatic rings. The number of halogens is 1. The second-order valence-electron chi connectivity index (χ2n) is 4.01. The molecule has 1 aromatic rings. The normalized spacial score (nSPS) is 14.6. The molecular weight excluding hydrogens is 268 g/mol. The number of hydrogen-bond donors (Lipinski definition) is 2. The Labute approximate surface area is 114 Å². The zero-order valence-corrected chi connectivity index (χ0v) is 10.7. The van der Waals surface area contributed by atoms with Crippen molar-refractivity contribution in [2.75, 3.05) is 16.5 Å². The maximum absolute atomic E-state index is 11.4. The Morgan fingerprint density at radius 3 is 2.58 bits per heavy atom. The van der Waals surface area contributed by atoms with Gasteiger partial charge in [-0.15, -0.1) is 11.6 Å². The highest BCUT2D eigenvalue weighted by molar-refractivity contribution is 6.29. The van der Waals surface area contributed by atoms with Gasteiger partial charge in [0, 0.05) is 0 Å². The third kappa shape index (κ3) is 3.42. The Kier molecular flexibility index (Phi) is 3.97. The molecule has 0 aliphatic carbocycles. The average molecular weight is 279 g/mol. The molecule has 0 saturated heterocycles. The predicted octanol–water partition coefficient (Wildman–Crippen LogP) is 1.79. The molecule has 1 aromatic carbocycles. The van der Waals surface area contributed by atoms with Gasteiger partial charge in [0.2, 0.25) is 11.8 Å². The van der Waals surface area contributed by atoms with Crippen LogP contribution >= 0.6 is 11.6 Å². The number of amides is 2. The maximum atomic E-state index is 11.4. The third-order valence-electron chi connectivity index (χ3n) is 2.51. The molecule has 0 unspecified atom stereocenters. The Balaban J connectivity index is 2.28. The van der Waals surface area contributed by atoms with E-state index in [0.717, 1.165) is 5.56 Å². The largest absolute Gasteiger partial charge is 0.324 e. The van der Waals surface area contributed by atoms with Crippen molar-refractivity contribution in [1.82, 2.24) is 0 Å². The summed E-state index contributed by atoms with van der Waals surface area (Å²) in [5, 5.41) is 5.25. The van der Waals surface area contributed by atoms with Gasteiger partial charge in [-0.3, -0.25) is 14.4 Å². The fourth-order valence-corrected chi connectivity index (χ4v) is 1.74. The summed E-state index contributed by atoms with van der Waals surface area (Å²) in [6.45, 7) is 0. The van der Waals surface area contributed by atoms with Crippen LogP contribution in [0.4, 0.5) is 11.4 Å². The van der Waals surface area contributed by atoms with Crippen LogP contribution in [0.5, 0.6) is 0 Å². The first kappa shape index (κ1) is 13.3. The number of ketones is 1. The van der Waals surface area contributed by atoms with Crippen molar-refractivity contribution >= 4 is 46.6 Å². The number of carbonyl (C=O) groups is 3. The zero-order valence-electron chi connectivity index (χ0n) is 9.90. The lowest BCUT2D eigenvalue weighted by Gasteiger charge is -2.07. The van der Waals surface area contributed by atoms with Crippen molar-refractivity contribution in [2.24, 2.45) is 0 Å². The number of nitrogens with one attached hydrogen (secondary N) is 2. The van der Waals surface area contributed by atoms with E-state index < -0.39 is 0 Å². The van der Waals surface area contributed by atoms with Gasteiger partial charge in [-0.1, -0.05) is 12.1 Å². The van der Waals surface area contributed by atoms with E-state index in [0.29, 0.717) is 11.4 Å². The summed E-state index contributed by atoms with van der Waals surface area (Å²) < 4.78 is 0. The van der Waals surface area contributed by atoms with Crippen LogP contribution in [0.25, 0.3) is 6.08 Å². The summed E-state index contributed by atoms with van der Waals surface area (Å²) >= 11 is 5.39. The Hall–Kier alpha value is -2.14. The maximum Gasteiger partial charge on any atom is 0.233 e. The van der Waals surface area contributed by atoms with Gasteiger partial charge in [0.15, 0.2) is 5.78 Å². The molecule has 0 aromatic heterocycles. The summed E-state index contributed by atoms with van der Waals surface area (Å²) in [4.78, 5) is 33.8. The molecule has 1 aliphatic heterocycles. The molecule has 0 bridgehead atoms. The number of rotatable bonds is 3. The highest BCUT2D eigenvalue weighted by Gasteiger charge is 2.17. The van der Waals surface area contributed by atoms with Crippen LogP contribution in [0.2, 0.25) is 0 Å². The Bertz CT molecular complexity index is 581. The molecule has 2 amide bonds. The SMILES string of the molecule is O=C(C=Cc1ccc2c(c1)NC(=O)CC(=O)N2)CCl. The highest BCUT2D eigenvalue weighted by atomic mass is 35.5. The van der Waals surface area contributed by atoms with Crippen molar-refractivity contribution in [3.8, 4) is 0 Å². The van der Waals surface area contributed by atoms with Crippen LogP contribution in [0.1, 0.15) is 12.0 Å². The fraction of sp³-hybridized carbons (Fsp3) is 0.154. The standard InChI is InChI=1S/C13H11ClN2O3/c14-7-9(17)3-1-8-2-4-10-11(5-8)16-13(19)6-12(18)15-10/h1-5H,6-7H2,(H,15,18)(H,16,19). The molecule has 98 valence electrons. The molecule has 19 heavy (non-hydrogen) atoms. The topological polar surface area (TPSA) is 75.3 Å². The van der Waals surface area contributed by atoms with Gasteiger partial charge < -0.3 is 10.6 Å². The lowest BCUT2D eigenvalue weighted by atomic mass is 10.1. The molecule has 2 rings (SSSR count). The third-order valence-corrected chi connectivity index (χ3v) is 2.77. The molecule has 2 N–H and O–H groups in total.